The number of para-hydroxylation sites is 1. The zero-order valence-corrected chi connectivity index (χ0v) is 18.4. The Morgan fingerprint density at radius 3 is 2.70 bits per heavy atom. The fourth-order valence-corrected chi connectivity index (χ4v) is 4.08. The molecule has 4 aromatic rings. The van der Waals surface area contributed by atoms with Gasteiger partial charge in [0.1, 0.15) is 11.4 Å². The largest absolute Gasteiger partial charge is 0.497 e. The molecule has 6 heteroatoms. The minimum Gasteiger partial charge on any atom is -0.497 e. The molecule has 0 aliphatic carbocycles. The lowest BCUT2D eigenvalue weighted by molar-refractivity contribution is -0.147. The topological polar surface area (TPSA) is 66.9 Å². The van der Waals surface area contributed by atoms with Gasteiger partial charge in [-0.1, -0.05) is 36.4 Å². The zero-order chi connectivity index (χ0) is 22.8. The molecule has 1 aromatic heterocycles. The van der Waals surface area contributed by atoms with Crippen molar-refractivity contribution in [3.8, 4) is 16.9 Å². The standard InChI is InChI=1S/C27H23NO5/c1-30-21-12-17(11-19(14-21)22-8-4-5-9-23(22)26(29)31-2)15-32-27-25-20(16-33-27)13-18-7-3-6-10-24(18)28-25/h3-14,27H,15-16H2,1-2H3. The summed E-state index contributed by atoms with van der Waals surface area (Å²) in [6.07, 6.45) is -0.540. The highest BCUT2D eigenvalue weighted by atomic mass is 16.7. The van der Waals surface area contributed by atoms with Crippen molar-refractivity contribution in [1.82, 2.24) is 4.98 Å². The Bertz CT molecular complexity index is 1330. The number of carbonyl (C=O) groups excluding carboxylic acids is 1. The molecular weight excluding hydrogens is 418 g/mol. The van der Waals surface area contributed by atoms with E-state index in [1.54, 1.807) is 13.2 Å². The Morgan fingerprint density at radius 1 is 1.03 bits per heavy atom. The number of hydrogen-bond acceptors (Lipinski definition) is 6. The number of aromatic nitrogens is 1. The molecule has 3 aromatic carbocycles. The Balaban J connectivity index is 1.42. The van der Waals surface area contributed by atoms with Crippen LogP contribution in [0.3, 0.4) is 0 Å². The third-order valence-electron chi connectivity index (χ3n) is 5.70. The van der Waals surface area contributed by atoms with E-state index in [9.17, 15) is 4.79 Å². The first kappa shape index (κ1) is 21.1. The number of ether oxygens (including phenoxy) is 4. The molecule has 0 N–H and O–H groups in total. The van der Waals surface area contributed by atoms with Gasteiger partial charge >= 0.3 is 5.97 Å². The van der Waals surface area contributed by atoms with Crippen molar-refractivity contribution in [3.63, 3.8) is 0 Å². The van der Waals surface area contributed by atoms with Gasteiger partial charge in [0.2, 0.25) is 6.29 Å². The number of hydrogen-bond donors (Lipinski definition) is 0. The highest BCUT2D eigenvalue weighted by Crippen LogP contribution is 2.34. The molecule has 0 saturated heterocycles. The van der Waals surface area contributed by atoms with Gasteiger partial charge in [0, 0.05) is 10.9 Å². The summed E-state index contributed by atoms with van der Waals surface area (Å²) in [5, 5.41) is 1.09. The first-order valence-electron chi connectivity index (χ1n) is 10.6. The van der Waals surface area contributed by atoms with Crippen molar-refractivity contribution in [1.29, 1.82) is 0 Å². The highest BCUT2D eigenvalue weighted by Gasteiger charge is 2.26. The summed E-state index contributed by atoms with van der Waals surface area (Å²) < 4.78 is 22.4. The van der Waals surface area contributed by atoms with Gasteiger partial charge in [-0.15, -0.1) is 0 Å². The SMILES string of the molecule is COC(=O)c1ccccc1-c1cc(COC2OCc3cc4ccccc4nc32)cc(OC)c1. The van der Waals surface area contributed by atoms with E-state index in [0.29, 0.717) is 24.5 Å². The number of pyridine rings is 1. The second-order valence-electron chi connectivity index (χ2n) is 7.79. The van der Waals surface area contributed by atoms with Crippen molar-refractivity contribution in [2.45, 2.75) is 19.5 Å². The van der Waals surface area contributed by atoms with Crippen LogP contribution >= 0.6 is 0 Å². The molecular formula is C27H23NO5. The monoisotopic (exact) mass is 441 g/mol. The van der Waals surface area contributed by atoms with Gasteiger partial charge in [-0.3, -0.25) is 0 Å². The van der Waals surface area contributed by atoms with E-state index in [2.05, 4.69) is 6.07 Å². The van der Waals surface area contributed by atoms with E-state index < -0.39 is 6.29 Å². The molecule has 0 bridgehead atoms. The number of rotatable bonds is 6. The summed E-state index contributed by atoms with van der Waals surface area (Å²) in [7, 11) is 2.99. The van der Waals surface area contributed by atoms with Crippen molar-refractivity contribution >= 4 is 16.9 Å². The van der Waals surface area contributed by atoms with E-state index in [1.165, 1.54) is 7.11 Å². The van der Waals surface area contributed by atoms with E-state index in [0.717, 1.165) is 38.9 Å². The molecule has 166 valence electrons. The highest BCUT2D eigenvalue weighted by molar-refractivity contribution is 5.97. The second-order valence-corrected chi connectivity index (χ2v) is 7.79. The van der Waals surface area contributed by atoms with E-state index in [-0.39, 0.29) is 5.97 Å². The quantitative estimate of drug-likeness (QED) is 0.371. The molecule has 2 heterocycles. The van der Waals surface area contributed by atoms with E-state index >= 15 is 0 Å². The number of esters is 1. The summed E-state index contributed by atoms with van der Waals surface area (Å²) in [5.41, 5.74) is 5.75. The Kier molecular flexibility index (Phi) is 5.77. The number of methoxy groups -OCH3 is 2. The number of nitrogens with zero attached hydrogens (tertiary/aromatic N) is 1. The summed E-state index contributed by atoms with van der Waals surface area (Å²) in [6.45, 7) is 0.761. The summed E-state index contributed by atoms with van der Waals surface area (Å²) >= 11 is 0. The van der Waals surface area contributed by atoms with Crippen molar-refractivity contribution in [3.05, 3.63) is 95.2 Å². The second kappa shape index (κ2) is 9.02. The number of fused-ring (bicyclic) bond motifs is 2. The average molecular weight is 441 g/mol. The van der Waals surface area contributed by atoms with Gasteiger partial charge < -0.3 is 18.9 Å². The number of carbonyl (C=O) groups is 1. The van der Waals surface area contributed by atoms with Crippen LogP contribution < -0.4 is 4.74 Å². The average Bonchev–Trinajstić information content (AvgIpc) is 3.27. The molecule has 1 atom stereocenters. The van der Waals surface area contributed by atoms with Crippen LogP contribution in [0.5, 0.6) is 5.75 Å². The fraction of sp³-hybridized carbons (Fsp3) is 0.185. The molecule has 0 fully saturated rings. The van der Waals surface area contributed by atoms with Crippen molar-refractivity contribution in [2.24, 2.45) is 0 Å². The van der Waals surface area contributed by atoms with Gasteiger partial charge in [-0.2, -0.15) is 0 Å². The normalized spacial score (nSPS) is 14.8. The molecule has 0 radical (unpaired) electrons. The van der Waals surface area contributed by atoms with Gasteiger partial charge in [-0.25, -0.2) is 9.78 Å². The van der Waals surface area contributed by atoms with Crippen LogP contribution in [0, 0.1) is 0 Å². The maximum absolute atomic E-state index is 12.3. The molecule has 33 heavy (non-hydrogen) atoms. The van der Waals surface area contributed by atoms with Crippen molar-refractivity contribution < 1.29 is 23.7 Å². The first-order chi connectivity index (χ1) is 16.2. The zero-order valence-electron chi connectivity index (χ0n) is 18.4. The van der Waals surface area contributed by atoms with Crippen LogP contribution in [0.25, 0.3) is 22.0 Å². The molecule has 0 saturated carbocycles. The molecule has 1 aliphatic heterocycles. The van der Waals surface area contributed by atoms with E-state index in [4.69, 9.17) is 23.9 Å². The van der Waals surface area contributed by atoms with Gasteiger partial charge in [0.15, 0.2) is 0 Å². The first-order valence-corrected chi connectivity index (χ1v) is 10.6. The van der Waals surface area contributed by atoms with Crippen molar-refractivity contribution in [2.75, 3.05) is 14.2 Å². The number of benzene rings is 3. The maximum Gasteiger partial charge on any atom is 0.338 e. The van der Waals surface area contributed by atoms with Crippen LogP contribution in [-0.4, -0.2) is 25.2 Å². The Labute approximate surface area is 191 Å². The third-order valence-corrected chi connectivity index (χ3v) is 5.70. The van der Waals surface area contributed by atoms with Crippen LogP contribution in [-0.2, 0) is 27.4 Å². The van der Waals surface area contributed by atoms with Crippen LogP contribution in [0.2, 0.25) is 0 Å². The maximum atomic E-state index is 12.3. The minimum absolute atomic E-state index is 0.295. The Morgan fingerprint density at radius 2 is 1.85 bits per heavy atom. The van der Waals surface area contributed by atoms with Gasteiger partial charge in [-0.05, 0) is 53.1 Å². The minimum atomic E-state index is -0.540. The summed E-state index contributed by atoms with van der Waals surface area (Å²) in [5.74, 6) is 0.281. The van der Waals surface area contributed by atoms with E-state index in [1.807, 2.05) is 60.7 Å². The lowest BCUT2D eigenvalue weighted by Gasteiger charge is -2.15. The van der Waals surface area contributed by atoms with Gasteiger partial charge in [0.25, 0.3) is 0 Å². The predicted octanol–water partition coefficient (Wildman–Crippen LogP) is 5.44. The molecule has 1 aliphatic rings. The lowest BCUT2D eigenvalue weighted by Crippen LogP contribution is -2.06. The molecule has 6 nitrogen and oxygen atoms in total. The molecule has 0 spiro atoms. The Hall–Kier alpha value is -3.74. The predicted molar refractivity (Wildman–Crippen MR) is 124 cm³/mol. The van der Waals surface area contributed by atoms with Gasteiger partial charge in [0.05, 0.1) is 38.5 Å². The van der Waals surface area contributed by atoms with Crippen LogP contribution in [0.15, 0.2) is 72.8 Å². The van der Waals surface area contributed by atoms with Crippen LogP contribution in [0.1, 0.15) is 33.5 Å². The molecule has 0 amide bonds. The molecule has 5 rings (SSSR count). The fourth-order valence-electron chi connectivity index (χ4n) is 4.08. The third kappa shape index (κ3) is 4.18. The van der Waals surface area contributed by atoms with Crippen LogP contribution in [0.4, 0.5) is 0 Å². The summed E-state index contributed by atoms with van der Waals surface area (Å²) in [6, 6.07) is 23.2. The summed E-state index contributed by atoms with van der Waals surface area (Å²) in [4.78, 5) is 17.0. The molecule has 1 unspecified atom stereocenters. The smallest absolute Gasteiger partial charge is 0.338 e. The lowest BCUT2D eigenvalue weighted by atomic mass is 9.98.